The van der Waals surface area contributed by atoms with Gasteiger partial charge in [-0.25, -0.2) is 4.98 Å². The molecule has 1 aromatic heterocycles. The molecule has 0 aliphatic carbocycles. The van der Waals surface area contributed by atoms with E-state index < -0.39 is 6.10 Å². The van der Waals surface area contributed by atoms with Crippen molar-refractivity contribution in [2.45, 2.75) is 20.0 Å². The highest BCUT2D eigenvalue weighted by molar-refractivity contribution is 6.34. The number of para-hydroxylation sites is 1. The Morgan fingerprint density at radius 1 is 1.03 bits per heavy atom. The minimum absolute atomic E-state index is 0.315. The number of nitrogens with zero attached hydrogens (tertiary/aromatic N) is 1. The summed E-state index contributed by atoms with van der Waals surface area (Å²) in [6, 6.07) is 17.3. The second kappa shape index (κ2) is 9.21. The van der Waals surface area contributed by atoms with Crippen LogP contribution in [0.3, 0.4) is 0 Å². The van der Waals surface area contributed by atoms with Gasteiger partial charge in [-0.2, -0.15) is 0 Å². The fourth-order valence-corrected chi connectivity index (χ4v) is 2.71. The molecule has 148 valence electrons. The Hall–Kier alpha value is -3.38. The Morgan fingerprint density at radius 3 is 2.52 bits per heavy atom. The van der Waals surface area contributed by atoms with Crippen molar-refractivity contribution in [3.8, 4) is 5.75 Å². The van der Waals surface area contributed by atoms with Crippen LogP contribution in [0, 0.1) is 6.92 Å². The second-order valence-electron chi connectivity index (χ2n) is 6.43. The lowest BCUT2D eigenvalue weighted by molar-refractivity contribution is -0.122. The number of anilines is 2. The Morgan fingerprint density at radius 2 is 1.79 bits per heavy atom. The molecule has 0 saturated heterocycles. The predicted octanol–water partition coefficient (Wildman–Crippen LogP) is 4.70. The fraction of sp³-hybridized carbons (Fsp3) is 0.136. The minimum Gasteiger partial charge on any atom is -0.481 e. The minimum atomic E-state index is -0.748. The normalized spacial score (nSPS) is 11.4. The summed E-state index contributed by atoms with van der Waals surface area (Å²) in [5.74, 6) is 0.290. The van der Waals surface area contributed by atoms with Crippen LogP contribution in [0.15, 0.2) is 66.9 Å². The van der Waals surface area contributed by atoms with Gasteiger partial charge in [-0.15, -0.1) is 0 Å². The molecule has 0 saturated carbocycles. The quantitative estimate of drug-likeness (QED) is 0.618. The van der Waals surface area contributed by atoms with Crippen molar-refractivity contribution in [3.05, 3.63) is 83.0 Å². The summed E-state index contributed by atoms with van der Waals surface area (Å²) in [5.41, 5.74) is 1.64. The van der Waals surface area contributed by atoms with Crippen LogP contribution in [0.1, 0.15) is 22.8 Å². The van der Waals surface area contributed by atoms with E-state index >= 15 is 0 Å². The van der Waals surface area contributed by atoms with Gasteiger partial charge in [-0.05, 0) is 61.9 Å². The number of benzene rings is 2. The Labute approximate surface area is 173 Å². The fourth-order valence-electron chi connectivity index (χ4n) is 2.55. The topological polar surface area (TPSA) is 80.3 Å². The standard InChI is InChI=1S/C22H20ClN3O3/c1-14-10-11-24-20(12-14)26-22(28)16-8-9-18(23)19(13-16)25-21(27)15(2)29-17-6-4-3-5-7-17/h3-13,15H,1-2H3,(H,25,27)(H,24,26,28)/t15-/m1/s1. The van der Waals surface area contributed by atoms with Crippen LogP contribution >= 0.6 is 11.6 Å². The van der Waals surface area contributed by atoms with Gasteiger partial charge in [0.15, 0.2) is 6.10 Å². The molecule has 0 bridgehead atoms. The summed E-state index contributed by atoms with van der Waals surface area (Å²) in [7, 11) is 0. The SMILES string of the molecule is Cc1ccnc(NC(=O)c2ccc(Cl)c(NC(=O)[C@@H](C)Oc3ccccc3)c2)c1. The number of aryl methyl sites for hydroxylation is 1. The van der Waals surface area contributed by atoms with Crippen molar-refractivity contribution in [2.24, 2.45) is 0 Å². The second-order valence-corrected chi connectivity index (χ2v) is 6.84. The van der Waals surface area contributed by atoms with E-state index in [0.29, 0.717) is 27.8 Å². The van der Waals surface area contributed by atoms with Gasteiger partial charge < -0.3 is 15.4 Å². The third kappa shape index (κ3) is 5.56. The van der Waals surface area contributed by atoms with Crippen molar-refractivity contribution in [1.82, 2.24) is 4.98 Å². The lowest BCUT2D eigenvalue weighted by atomic mass is 10.1. The number of hydrogen-bond acceptors (Lipinski definition) is 4. The summed E-state index contributed by atoms with van der Waals surface area (Å²) in [5, 5.41) is 5.75. The Bertz CT molecular complexity index is 1020. The van der Waals surface area contributed by atoms with E-state index in [1.807, 2.05) is 31.2 Å². The molecular weight excluding hydrogens is 390 g/mol. The molecule has 0 radical (unpaired) electrons. The molecule has 3 rings (SSSR count). The maximum absolute atomic E-state index is 12.5. The molecule has 29 heavy (non-hydrogen) atoms. The first-order valence-corrected chi connectivity index (χ1v) is 9.36. The molecule has 0 aliphatic rings. The van der Waals surface area contributed by atoms with Gasteiger partial charge in [0.2, 0.25) is 0 Å². The van der Waals surface area contributed by atoms with E-state index in [1.54, 1.807) is 43.5 Å². The number of rotatable bonds is 6. The molecule has 6 nitrogen and oxygen atoms in total. The Balaban J connectivity index is 1.69. The van der Waals surface area contributed by atoms with Crippen LogP contribution in [0.2, 0.25) is 5.02 Å². The van der Waals surface area contributed by atoms with Gasteiger partial charge in [0.05, 0.1) is 10.7 Å². The van der Waals surface area contributed by atoms with Crippen LogP contribution in [-0.4, -0.2) is 22.9 Å². The van der Waals surface area contributed by atoms with Crippen LogP contribution < -0.4 is 15.4 Å². The molecule has 3 aromatic rings. The van der Waals surface area contributed by atoms with Gasteiger partial charge in [-0.3, -0.25) is 9.59 Å². The molecular formula is C22H20ClN3O3. The molecule has 0 unspecified atom stereocenters. The molecule has 2 amide bonds. The van der Waals surface area contributed by atoms with Crippen LogP contribution in [-0.2, 0) is 4.79 Å². The van der Waals surface area contributed by atoms with Crippen molar-refractivity contribution in [1.29, 1.82) is 0 Å². The highest BCUT2D eigenvalue weighted by Crippen LogP contribution is 2.24. The summed E-state index contributed by atoms with van der Waals surface area (Å²) < 4.78 is 5.61. The largest absolute Gasteiger partial charge is 0.481 e. The van der Waals surface area contributed by atoms with Crippen LogP contribution in [0.4, 0.5) is 11.5 Å². The zero-order valence-corrected chi connectivity index (χ0v) is 16.7. The summed E-state index contributed by atoms with van der Waals surface area (Å²) in [6.45, 7) is 3.54. The van der Waals surface area contributed by atoms with Gasteiger partial charge >= 0.3 is 0 Å². The van der Waals surface area contributed by atoms with E-state index in [0.717, 1.165) is 5.56 Å². The van der Waals surface area contributed by atoms with Crippen molar-refractivity contribution in [3.63, 3.8) is 0 Å². The smallest absolute Gasteiger partial charge is 0.265 e. The van der Waals surface area contributed by atoms with Crippen molar-refractivity contribution in [2.75, 3.05) is 10.6 Å². The molecule has 2 N–H and O–H groups in total. The average molecular weight is 410 g/mol. The van der Waals surface area contributed by atoms with E-state index in [4.69, 9.17) is 16.3 Å². The number of halogens is 1. The third-order valence-corrected chi connectivity index (χ3v) is 4.40. The lowest BCUT2D eigenvalue weighted by Gasteiger charge is -2.16. The first-order valence-electron chi connectivity index (χ1n) is 8.98. The van der Waals surface area contributed by atoms with Gasteiger partial charge in [0.25, 0.3) is 11.8 Å². The maximum Gasteiger partial charge on any atom is 0.265 e. The predicted molar refractivity (Wildman–Crippen MR) is 114 cm³/mol. The average Bonchev–Trinajstić information content (AvgIpc) is 2.70. The molecule has 0 aliphatic heterocycles. The molecule has 7 heteroatoms. The summed E-state index contributed by atoms with van der Waals surface area (Å²) >= 11 is 6.19. The summed E-state index contributed by atoms with van der Waals surface area (Å²) in [6.07, 6.45) is 0.870. The maximum atomic E-state index is 12.5. The zero-order valence-electron chi connectivity index (χ0n) is 16.0. The van der Waals surface area contributed by atoms with E-state index in [1.165, 1.54) is 6.07 Å². The number of aromatic nitrogens is 1. The number of nitrogens with one attached hydrogen (secondary N) is 2. The Kier molecular flexibility index (Phi) is 6.46. The molecule has 0 fully saturated rings. The van der Waals surface area contributed by atoms with Crippen LogP contribution in [0.5, 0.6) is 5.75 Å². The van der Waals surface area contributed by atoms with Crippen molar-refractivity contribution >= 4 is 34.9 Å². The lowest BCUT2D eigenvalue weighted by Crippen LogP contribution is -2.30. The van der Waals surface area contributed by atoms with Crippen molar-refractivity contribution < 1.29 is 14.3 Å². The van der Waals surface area contributed by atoms with Gasteiger partial charge in [0, 0.05) is 11.8 Å². The van der Waals surface area contributed by atoms with Gasteiger partial charge in [0.1, 0.15) is 11.6 Å². The molecule has 1 heterocycles. The summed E-state index contributed by atoms with van der Waals surface area (Å²) in [4.78, 5) is 29.1. The van der Waals surface area contributed by atoms with E-state index in [-0.39, 0.29) is 11.8 Å². The highest BCUT2D eigenvalue weighted by atomic mass is 35.5. The first kappa shape index (κ1) is 20.4. The molecule has 2 aromatic carbocycles. The monoisotopic (exact) mass is 409 g/mol. The highest BCUT2D eigenvalue weighted by Gasteiger charge is 2.17. The molecule has 1 atom stereocenters. The number of hydrogen-bond donors (Lipinski definition) is 2. The number of carbonyl (C=O) groups excluding carboxylic acids is 2. The number of amides is 2. The first-order chi connectivity index (χ1) is 13.9. The van der Waals surface area contributed by atoms with Crippen LogP contribution in [0.25, 0.3) is 0 Å². The number of ether oxygens (including phenoxy) is 1. The third-order valence-electron chi connectivity index (χ3n) is 4.07. The molecule has 0 spiro atoms. The van der Waals surface area contributed by atoms with E-state index in [2.05, 4.69) is 15.6 Å². The number of pyridine rings is 1. The number of carbonyl (C=O) groups is 2. The van der Waals surface area contributed by atoms with Gasteiger partial charge in [-0.1, -0.05) is 29.8 Å². The van der Waals surface area contributed by atoms with E-state index in [9.17, 15) is 9.59 Å². The zero-order chi connectivity index (χ0) is 20.8.